The van der Waals surface area contributed by atoms with Crippen molar-refractivity contribution in [1.29, 1.82) is 0 Å². The number of aromatic nitrogens is 4. The minimum atomic E-state index is -0.443. The molecule has 0 unspecified atom stereocenters. The van der Waals surface area contributed by atoms with Crippen molar-refractivity contribution in [3.63, 3.8) is 0 Å². The largest absolute Gasteiger partial charge is 0.306 e. The van der Waals surface area contributed by atoms with Gasteiger partial charge in [-0.2, -0.15) is 10.2 Å². The fourth-order valence-electron chi connectivity index (χ4n) is 2.54. The molecule has 0 radical (unpaired) electrons. The molecule has 0 fully saturated rings. The minimum absolute atomic E-state index is 0.0400. The molecule has 27 heavy (non-hydrogen) atoms. The summed E-state index contributed by atoms with van der Waals surface area (Å²) >= 11 is 18.2. The first-order valence-corrected chi connectivity index (χ1v) is 9.05. The standard InChI is InChI=1S/C17H15Cl3FN5O/c1-9-16(20)10(2)26(23-9)8-15(27)22-17-13(19)7-25(24-17)6-11-12(18)4-3-5-14(11)21/h3-5,7H,6,8H2,1-2H3,(H,22,24,27). The van der Waals surface area contributed by atoms with Gasteiger partial charge < -0.3 is 5.32 Å². The number of nitrogens with zero attached hydrogens (tertiary/aromatic N) is 4. The molecule has 6 nitrogen and oxygen atoms in total. The molecule has 0 spiro atoms. The van der Waals surface area contributed by atoms with Gasteiger partial charge in [0.15, 0.2) is 5.82 Å². The topological polar surface area (TPSA) is 64.7 Å². The molecular formula is C17H15Cl3FN5O. The molecule has 0 saturated carbocycles. The van der Waals surface area contributed by atoms with Crippen molar-refractivity contribution in [2.24, 2.45) is 0 Å². The zero-order chi connectivity index (χ0) is 19.7. The number of carbonyl (C=O) groups excluding carboxylic acids is 1. The first-order chi connectivity index (χ1) is 12.8. The number of hydrogen-bond acceptors (Lipinski definition) is 3. The summed E-state index contributed by atoms with van der Waals surface area (Å²) in [6.45, 7) is 3.57. The third-order valence-corrected chi connectivity index (χ3v) is 5.12. The van der Waals surface area contributed by atoms with E-state index in [1.54, 1.807) is 19.9 Å². The highest BCUT2D eigenvalue weighted by Gasteiger charge is 2.16. The molecule has 1 aromatic carbocycles. The zero-order valence-corrected chi connectivity index (χ0v) is 16.7. The van der Waals surface area contributed by atoms with E-state index in [1.807, 2.05) is 0 Å². The maximum absolute atomic E-state index is 13.9. The van der Waals surface area contributed by atoms with Crippen LogP contribution in [0.1, 0.15) is 17.0 Å². The van der Waals surface area contributed by atoms with E-state index in [0.29, 0.717) is 16.4 Å². The molecule has 2 heterocycles. The maximum Gasteiger partial charge on any atom is 0.247 e. The van der Waals surface area contributed by atoms with Crippen LogP contribution in [0.4, 0.5) is 10.2 Å². The number of benzene rings is 1. The smallest absolute Gasteiger partial charge is 0.247 e. The van der Waals surface area contributed by atoms with E-state index in [-0.39, 0.29) is 40.4 Å². The van der Waals surface area contributed by atoms with Crippen molar-refractivity contribution in [3.05, 3.63) is 62.2 Å². The van der Waals surface area contributed by atoms with Gasteiger partial charge in [-0.3, -0.25) is 14.2 Å². The number of aryl methyl sites for hydroxylation is 1. The van der Waals surface area contributed by atoms with Gasteiger partial charge in [0, 0.05) is 16.8 Å². The molecule has 0 atom stereocenters. The van der Waals surface area contributed by atoms with E-state index in [1.165, 1.54) is 27.7 Å². The van der Waals surface area contributed by atoms with Crippen LogP contribution >= 0.6 is 34.8 Å². The van der Waals surface area contributed by atoms with Gasteiger partial charge in [-0.05, 0) is 26.0 Å². The van der Waals surface area contributed by atoms with Gasteiger partial charge in [-0.1, -0.05) is 40.9 Å². The van der Waals surface area contributed by atoms with Crippen molar-refractivity contribution < 1.29 is 9.18 Å². The number of nitrogens with one attached hydrogen (secondary N) is 1. The molecule has 3 aromatic rings. The molecule has 10 heteroatoms. The van der Waals surface area contributed by atoms with Crippen LogP contribution in [0.25, 0.3) is 0 Å². The summed E-state index contributed by atoms with van der Waals surface area (Å²) in [6, 6.07) is 4.43. The van der Waals surface area contributed by atoms with Crippen LogP contribution in [0, 0.1) is 19.7 Å². The molecule has 3 rings (SSSR count). The van der Waals surface area contributed by atoms with Crippen LogP contribution in [-0.4, -0.2) is 25.5 Å². The Hall–Kier alpha value is -2.09. The summed E-state index contributed by atoms with van der Waals surface area (Å²) in [5.41, 5.74) is 1.62. The van der Waals surface area contributed by atoms with E-state index >= 15 is 0 Å². The molecule has 0 saturated heterocycles. The number of hydrogen-bond donors (Lipinski definition) is 1. The van der Waals surface area contributed by atoms with Crippen LogP contribution in [0.15, 0.2) is 24.4 Å². The molecule has 0 bridgehead atoms. The lowest BCUT2D eigenvalue weighted by Gasteiger charge is -2.06. The minimum Gasteiger partial charge on any atom is -0.306 e. The fraction of sp³-hybridized carbons (Fsp3) is 0.235. The van der Waals surface area contributed by atoms with Crippen LogP contribution < -0.4 is 5.32 Å². The highest BCUT2D eigenvalue weighted by molar-refractivity contribution is 6.33. The van der Waals surface area contributed by atoms with E-state index in [9.17, 15) is 9.18 Å². The zero-order valence-electron chi connectivity index (χ0n) is 14.4. The fourth-order valence-corrected chi connectivity index (χ4v) is 3.10. The lowest BCUT2D eigenvalue weighted by Crippen LogP contribution is -2.21. The summed E-state index contributed by atoms with van der Waals surface area (Å²) in [6.07, 6.45) is 1.49. The molecular weight excluding hydrogens is 416 g/mol. The maximum atomic E-state index is 13.9. The third-order valence-electron chi connectivity index (χ3n) is 3.94. The molecule has 2 aromatic heterocycles. The molecule has 0 aliphatic rings. The Morgan fingerprint density at radius 1 is 1.19 bits per heavy atom. The van der Waals surface area contributed by atoms with Gasteiger partial charge in [0.05, 0.1) is 23.0 Å². The first kappa shape index (κ1) is 19.7. The van der Waals surface area contributed by atoms with Crippen molar-refractivity contribution in [1.82, 2.24) is 19.6 Å². The van der Waals surface area contributed by atoms with Gasteiger partial charge >= 0.3 is 0 Å². The normalized spacial score (nSPS) is 11.0. The molecule has 142 valence electrons. The van der Waals surface area contributed by atoms with Gasteiger partial charge in [-0.15, -0.1) is 0 Å². The lowest BCUT2D eigenvalue weighted by molar-refractivity contribution is -0.117. The van der Waals surface area contributed by atoms with E-state index < -0.39 is 5.82 Å². The molecule has 1 N–H and O–H groups in total. The summed E-state index contributed by atoms with van der Waals surface area (Å²) in [5, 5.41) is 12.0. The van der Waals surface area contributed by atoms with Gasteiger partial charge in [0.1, 0.15) is 17.4 Å². The highest BCUT2D eigenvalue weighted by Crippen LogP contribution is 2.24. The number of anilines is 1. The predicted molar refractivity (Wildman–Crippen MR) is 103 cm³/mol. The summed E-state index contributed by atoms with van der Waals surface area (Å²) < 4.78 is 16.8. The monoisotopic (exact) mass is 429 g/mol. The van der Waals surface area contributed by atoms with Crippen molar-refractivity contribution in [2.45, 2.75) is 26.9 Å². The third kappa shape index (κ3) is 4.26. The average molecular weight is 431 g/mol. The molecule has 0 aliphatic carbocycles. The highest BCUT2D eigenvalue weighted by atomic mass is 35.5. The van der Waals surface area contributed by atoms with Crippen molar-refractivity contribution in [3.8, 4) is 0 Å². The lowest BCUT2D eigenvalue weighted by atomic mass is 10.2. The second-order valence-electron chi connectivity index (χ2n) is 5.91. The predicted octanol–water partition coefficient (Wildman–Crippen LogP) is 4.48. The van der Waals surface area contributed by atoms with Crippen molar-refractivity contribution >= 4 is 46.5 Å². The number of rotatable bonds is 5. The van der Waals surface area contributed by atoms with Gasteiger partial charge in [0.25, 0.3) is 0 Å². The number of carbonyl (C=O) groups is 1. The summed E-state index contributed by atoms with van der Waals surface area (Å²) in [5.74, 6) is -0.642. The Bertz CT molecular complexity index is 994. The van der Waals surface area contributed by atoms with Crippen LogP contribution in [0.5, 0.6) is 0 Å². The average Bonchev–Trinajstić information content (AvgIpc) is 3.06. The molecule has 1 amide bonds. The SMILES string of the molecule is Cc1nn(CC(=O)Nc2nn(Cc3c(F)cccc3Cl)cc2Cl)c(C)c1Cl. The van der Waals surface area contributed by atoms with Crippen LogP contribution in [0.2, 0.25) is 15.1 Å². The second-order valence-corrected chi connectivity index (χ2v) is 7.11. The number of halogens is 4. The Labute approximate surface area is 169 Å². The summed E-state index contributed by atoms with van der Waals surface area (Å²) in [4.78, 5) is 12.3. The van der Waals surface area contributed by atoms with Crippen molar-refractivity contribution in [2.75, 3.05) is 5.32 Å². The van der Waals surface area contributed by atoms with E-state index in [2.05, 4.69) is 15.5 Å². The Balaban J connectivity index is 1.73. The van der Waals surface area contributed by atoms with Crippen LogP contribution in [0.3, 0.4) is 0 Å². The number of amides is 1. The Morgan fingerprint density at radius 3 is 2.56 bits per heavy atom. The van der Waals surface area contributed by atoms with Crippen LogP contribution in [-0.2, 0) is 17.9 Å². The summed E-state index contributed by atoms with van der Waals surface area (Å²) in [7, 11) is 0. The molecule has 0 aliphatic heterocycles. The van der Waals surface area contributed by atoms with Gasteiger partial charge in [-0.25, -0.2) is 4.39 Å². The second kappa shape index (κ2) is 7.88. The first-order valence-electron chi connectivity index (χ1n) is 7.91. The van der Waals surface area contributed by atoms with E-state index in [0.717, 1.165) is 0 Å². The Morgan fingerprint density at radius 2 is 1.93 bits per heavy atom. The quantitative estimate of drug-likeness (QED) is 0.649. The van der Waals surface area contributed by atoms with E-state index in [4.69, 9.17) is 34.8 Å². The Kier molecular flexibility index (Phi) is 5.74. The van der Waals surface area contributed by atoms with Gasteiger partial charge in [0.2, 0.25) is 5.91 Å².